The highest BCUT2D eigenvalue weighted by Crippen LogP contribution is 2.33. The average Bonchev–Trinajstić information content (AvgIpc) is 2.45. The second kappa shape index (κ2) is 3.71. The highest BCUT2D eigenvalue weighted by molar-refractivity contribution is 9.11. The molecule has 1 N–H and O–H groups in total. The van der Waals surface area contributed by atoms with Crippen LogP contribution in [0.15, 0.2) is 28.1 Å². The van der Waals surface area contributed by atoms with Gasteiger partial charge in [-0.3, -0.25) is 0 Å². The molecule has 0 spiro atoms. The number of benzene rings is 1. The van der Waals surface area contributed by atoms with E-state index in [9.17, 15) is 5.11 Å². The molecule has 1 aromatic heterocycles. The van der Waals surface area contributed by atoms with Crippen molar-refractivity contribution in [1.29, 1.82) is 0 Å². The summed E-state index contributed by atoms with van der Waals surface area (Å²) in [7, 11) is 0. The predicted molar refractivity (Wildman–Crippen MR) is 61.7 cm³/mol. The van der Waals surface area contributed by atoms with E-state index in [-0.39, 0.29) is 5.75 Å². The number of rotatable bonds is 1. The summed E-state index contributed by atoms with van der Waals surface area (Å²) in [5, 5.41) is 10.3. The van der Waals surface area contributed by atoms with Gasteiger partial charge in [-0.2, -0.15) is 0 Å². The number of hydrogen-bond acceptors (Lipinski definition) is 3. The van der Waals surface area contributed by atoms with Crippen LogP contribution in [0.3, 0.4) is 0 Å². The number of aryl methyl sites for hydroxylation is 1. The molecule has 0 radical (unpaired) electrons. The lowest BCUT2D eigenvalue weighted by molar-refractivity contribution is 0.475. The lowest BCUT2D eigenvalue weighted by Crippen LogP contribution is -1.78. The number of phenols is 1. The van der Waals surface area contributed by atoms with Crippen molar-refractivity contribution in [2.45, 2.75) is 6.92 Å². The van der Waals surface area contributed by atoms with Gasteiger partial charge in [0.05, 0.1) is 14.5 Å². The Morgan fingerprint density at radius 1 is 1.43 bits per heavy atom. The van der Waals surface area contributed by atoms with Gasteiger partial charge in [-0.15, -0.1) is 11.3 Å². The minimum atomic E-state index is 0.264. The Morgan fingerprint density at radius 3 is 2.79 bits per heavy atom. The summed E-state index contributed by atoms with van der Waals surface area (Å²) in [4.78, 5) is 4.38. The minimum absolute atomic E-state index is 0.264. The number of hydrogen-bond donors (Lipinski definition) is 1. The highest BCUT2D eigenvalue weighted by Gasteiger charge is 2.08. The Morgan fingerprint density at radius 2 is 2.21 bits per heavy atom. The summed E-state index contributed by atoms with van der Waals surface area (Å²) in [5.74, 6) is 0.264. The number of nitrogens with zero attached hydrogens (tertiary/aromatic N) is 1. The summed E-state index contributed by atoms with van der Waals surface area (Å²) in [6, 6.07) is 7.10. The van der Waals surface area contributed by atoms with E-state index in [2.05, 4.69) is 20.9 Å². The van der Waals surface area contributed by atoms with Crippen LogP contribution in [0.2, 0.25) is 0 Å². The van der Waals surface area contributed by atoms with Crippen LogP contribution in [-0.2, 0) is 0 Å². The van der Waals surface area contributed by atoms with E-state index in [1.54, 1.807) is 23.5 Å². The molecule has 72 valence electrons. The fourth-order valence-electron chi connectivity index (χ4n) is 1.23. The Labute approximate surface area is 94.4 Å². The first kappa shape index (κ1) is 9.68. The van der Waals surface area contributed by atoms with Crippen LogP contribution in [-0.4, -0.2) is 10.1 Å². The summed E-state index contributed by atoms with van der Waals surface area (Å²) in [5.41, 5.74) is 1.82. The molecule has 0 aliphatic rings. The maximum atomic E-state index is 9.33. The van der Waals surface area contributed by atoms with Crippen LogP contribution in [0, 0.1) is 6.92 Å². The van der Waals surface area contributed by atoms with Gasteiger partial charge in [0.1, 0.15) is 5.75 Å². The Balaban J connectivity index is 2.54. The molecule has 2 aromatic rings. The highest BCUT2D eigenvalue weighted by atomic mass is 79.9. The number of aromatic nitrogens is 1. The predicted octanol–water partition coefficient (Wildman–Crippen LogP) is 3.59. The molecule has 0 bridgehead atoms. The van der Waals surface area contributed by atoms with Gasteiger partial charge < -0.3 is 5.11 Å². The summed E-state index contributed by atoms with van der Waals surface area (Å²) >= 11 is 5.05. The van der Waals surface area contributed by atoms with E-state index in [0.29, 0.717) is 0 Å². The first-order chi connectivity index (χ1) is 6.66. The summed E-state index contributed by atoms with van der Waals surface area (Å²) < 4.78 is 1.00. The molecule has 2 rings (SSSR count). The molecule has 0 atom stereocenters. The van der Waals surface area contributed by atoms with Gasteiger partial charge in [0, 0.05) is 5.56 Å². The molecule has 0 amide bonds. The summed E-state index contributed by atoms with van der Waals surface area (Å²) in [6.45, 7) is 1.96. The average molecular weight is 270 g/mol. The van der Waals surface area contributed by atoms with Crippen molar-refractivity contribution < 1.29 is 5.11 Å². The zero-order valence-corrected chi connectivity index (χ0v) is 9.89. The van der Waals surface area contributed by atoms with Gasteiger partial charge in [-0.1, -0.05) is 12.1 Å². The molecule has 1 aromatic carbocycles. The van der Waals surface area contributed by atoms with Crippen LogP contribution in [0.4, 0.5) is 0 Å². The van der Waals surface area contributed by atoms with Gasteiger partial charge in [0.25, 0.3) is 0 Å². The van der Waals surface area contributed by atoms with Gasteiger partial charge >= 0.3 is 0 Å². The number of aromatic hydroxyl groups is 1. The largest absolute Gasteiger partial charge is 0.508 e. The Hall–Kier alpha value is -0.870. The van der Waals surface area contributed by atoms with Crippen LogP contribution >= 0.6 is 27.3 Å². The van der Waals surface area contributed by atoms with Crippen molar-refractivity contribution >= 4 is 27.3 Å². The molecule has 2 nitrogen and oxygen atoms in total. The fraction of sp³-hybridized carbons (Fsp3) is 0.100. The van der Waals surface area contributed by atoms with Crippen molar-refractivity contribution in [3.8, 4) is 17.0 Å². The number of thiazole rings is 1. The van der Waals surface area contributed by atoms with E-state index >= 15 is 0 Å². The van der Waals surface area contributed by atoms with E-state index < -0.39 is 0 Å². The van der Waals surface area contributed by atoms with E-state index in [1.165, 1.54) is 0 Å². The Bertz CT molecular complexity index is 467. The van der Waals surface area contributed by atoms with Crippen molar-refractivity contribution in [3.05, 3.63) is 33.1 Å². The topological polar surface area (TPSA) is 33.1 Å². The van der Waals surface area contributed by atoms with Crippen molar-refractivity contribution in [3.63, 3.8) is 0 Å². The lowest BCUT2D eigenvalue weighted by atomic mass is 10.2. The molecule has 14 heavy (non-hydrogen) atoms. The number of halogens is 1. The van der Waals surface area contributed by atoms with Crippen LogP contribution in [0.1, 0.15) is 5.01 Å². The first-order valence-electron chi connectivity index (χ1n) is 4.09. The molecular weight excluding hydrogens is 262 g/mol. The van der Waals surface area contributed by atoms with Crippen LogP contribution in [0.5, 0.6) is 5.75 Å². The fourth-order valence-corrected chi connectivity index (χ4v) is 2.91. The summed E-state index contributed by atoms with van der Waals surface area (Å²) in [6.07, 6.45) is 0. The first-order valence-corrected chi connectivity index (χ1v) is 5.70. The SMILES string of the molecule is Cc1nc(-c2cccc(O)c2)c(Br)s1. The van der Waals surface area contributed by atoms with Gasteiger partial charge in [0.2, 0.25) is 0 Å². The molecule has 0 aliphatic carbocycles. The normalized spacial score (nSPS) is 10.4. The molecule has 0 aliphatic heterocycles. The molecule has 1 heterocycles. The molecule has 0 saturated heterocycles. The third-order valence-electron chi connectivity index (χ3n) is 1.81. The molecular formula is C10H8BrNOS. The second-order valence-corrected chi connectivity index (χ2v) is 5.43. The van der Waals surface area contributed by atoms with Crippen molar-refractivity contribution in [2.75, 3.05) is 0 Å². The smallest absolute Gasteiger partial charge is 0.116 e. The number of phenolic OH excluding ortho intramolecular Hbond substituents is 1. The van der Waals surface area contributed by atoms with Gasteiger partial charge in [-0.05, 0) is 35.0 Å². The Kier molecular flexibility index (Phi) is 2.56. The second-order valence-electron chi connectivity index (χ2n) is 2.91. The van der Waals surface area contributed by atoms with Gasteiger partial charge in [0.15, 0.2) is 0 Å². The third kappa shape index (κ3) is 1.81. The van der Waals surface area contributed by atoms with Crippen molar-refractivity contribution in [2.24, 2.45) is 0 Å². The molecule has 4 heteroatoms. The zero-order valence-electron chi connectivity index (χ0n) is 7.49. The molecule has 0 fully saturated rings. The quantitative estimate of drug-likeness (QED) is 0.859. The van der Waals surface area contributed by atoms with E-state index in [4.69, 9.17) is 0 Å². The minimum Gasteiger partial charge on any atom is -0.508 e. The monoisotopic (exact) mass is 269 g/mol. The van der Waals surface area contributed by atoms with Gasteiger partial charge in [-0.25, -0.2) is 4.98 Å². The van der Waals surface area contributed by atoms with Crippen molar-refractivity contribution in [1.82, 2.24) is 4.98 Å². The van der Waals surface area contributed by atoms with E-state index in [1.807, 2.05) is 19.1 Å². The zero-order chi connectivity index (χ0) is 10.1. The van der Waals surface area contributed by atoms with Crippen LogP contribution in [0.25, 0.3) is 11.3 Å². The maximum Gasteiger partial charge on any atom is 0.116 e. The lowest BCUT2D eigenvalue weighted by Gasteiger charge is -1.98. The molecule has 0 saturated carbocycles. The molecule has 0 unspecified atom stereocenters. The van der Waals surface area contributed by atoms with Crippen LogP contribution < -0.4 is 0 Å². The third-order valence-corrected chi connectivity index (χ3v) is 3.43. The maximum absolute atomic E-state index is 9.33. The van der Waals surface area contributed by atoms with E-state index in [0.717, 1.165) is 20.1 Å². The standard InChI is InChI=1S/C10H8BrNOS/c1-6-12-9(10(11)14-6)7-3-2-4-8(13)5-7/h2-5,13H,1H3.